The van der Waals surface area contributed by atoms with Crippen LogP contribution in [0.5, 0.6) is 0 Å². The number of nitrogens with zero attached hydrogens (tertiary/aromatic N) is 2. The summed E-state index contributed by atoms with van der Waals surface area (Å²) in [6.45, 7) is 4.67. The minimum atomic E-state index is -0.200. The standard InChI is InChI=1S/C27H25N3O/c1-19-13-15-22(16-14-19)28-27(31)30-18-21-9-4-6-11-24(21)29-17-7-12-25(29)26(30)23-10-5-3-8-20(23)2/h3-17,26H,18H2,1-2H3,(H,28,31). The number of benzene rings is 3. The number of para-hydroxylation sites is 1. The van der Waals surface area contributed by atoms with Crippen LogP contribution < -0.4 is 5.32 Å². The lowest BCUT2D eigenvalue weighted by Gasteiger charge is -2.32. The predicted molar refractivity (Wildman–Crippen MR) is 125 cm³/mol. The van der Waals surface area contributed by atoms with Gasteiger partial charge in [-0.05, 0) is 60.9 Å². The smallest absolute Gasteiger partial charge is 0.318 e. The second kappa shape index (κ2) is 7.80. The minimum absolute atomic E-state index is 0.110. The molecule has 0 radical (unpaired) electrons. The monoisotopic (exact) mass is 407 g/mol. The SMILES string of the molecule is Cc1ccc(NC(=O)N2Cc3ccccc3-n3cccc3C2c2ccccc2C)cc1. The average molecular weight is 408 g/mol. The Balaban J connectivity index is 1.64. The summed E-state index contributed by atoms with van der Waals surface area (Å²) in [5.74, 6) is 0. The Bertz CT molecular complexity index is 1240. The Kier molecular flexibility index (Phi) is 4.83. The van der Waals surface area contributed by atoms with Crippen molar-refractivity contribution in [3.05, 3.63) is 119 Å². The number of urea groups is 1. The van der Waals surface area contributed by atoms with Gasteiger partial charge in [0.15, 0.2) is 0 Å². The highest BCUT2D eigenvalue weighted by Crippen LogP contribution is 2.38. The highest BCUT2D eigenvalue weighted by Gasteiger charge is 2.33. The summed E-state index contributed by atoms with van der Waals surface area (Å²) in [5, 5.41) is 3.12. The van der Waals surface area contributed by atoms with Crippen LogP contribution >= 0.6 is 0 Å². The molecule has 0 saturated heterocycles. The van der Waals surface area contributed by atoms with Crippen molar-refractivity contribution >= 4 is 11.7 Å². The maximum atomic E-state index is 13.6. The summed E-state index contributed by atoms with van der Waals surface area (Å²) >= 11 is 0. The van der Waals surface area contributed by atoms with E-state index in [1.807, 2.05) is 60.4 Å². The number of hydrogen-bond donors (Lipinski definition) is 1. The summed E-state index contributed by atoms with van der Waals surface area (Å²) < 4.78 is 2.21. The van der Waals surface area contributed by atoms with Gasteiger partial charge < -0.3 is 14.8 Å². The van der Waals surface area contributed by atoms with E-state index in [0.717, 1.165) is 33.8 Å². The van der Waals surface area contributed by atoms with Crippen LogP contribution in [0, 0.1) is 13.8 Å². The lowest BCUT2D eigenvalue weighted by molar-refractivity contribution is 0.194. The van der Waals surface area contributed by atoms with Gasteiger partial charge in [-0.15, -0.1) is 0 Å². The molecule has 1 N–H and O–H groups in total. The maximum Gasteiger partial charge on any atom is 0.322 e. The van der Waals surface area contributed by atoms with Crippen LogP contribution in [-0.2, 0) is 6.54 Å². The van der Waals surface area contributed by atoms with Crippen molar-refractivity contribution in [1.82, 2.24) is 9.47 Å². The second-order valence-electron chi connectivity index (χ2n) is 8.11. The van der Waals surface area contributed by atoms with Crippen molar-refractivity contribution in [3.63, 3.8) is 0 Å². The molecular formula is C27H25N3O. The van der Waals surface area contributed by atoms with Gasteiger partial charge in [0.25, 0.3) is 0 Å². The zero-order valence-electron chi connectivity index (χ0n) is 17.7. The molecule has 1 atom stereocenters. The molecule has 2 heterocycles. The van der Waals surface area contributed by atoms with Crippen molar-refractivity contribution < 1.29 is 4.79 Å². The number of carbonyl (C=O) groups excluding carboxylic acids is 1. The fourth-order valence-electron chi connectivity index (χ4n) is 4.39. The Morgan fingerprint density at radius 1 is 0.871 bits per heavy atom. The number of aryl methyl sites for hydroxylation is 2. The van der Waals surface area contributed by atoms with E-state index in [-0.39, 0.29) is 12.1 Å². The topological polar surface area (TPSA) is 37.3 Å². The summed E-state index contributed by atoms with van der Waals surface area (Å²) in [6, 6.07) is 28.4. The summed E-state index contributed by atoms with van der Waals surface area (Å²) in [6.07, 6.45) is 2.08. The van der Waals surface area contributed by atoms with Gasteiger partial charge in [-0.25, -0.2) is 4.79 Å². The molecule has 0 saturated carbocycles. The Morgan fingerprint density at radius 3 is 2.42 bits per heavy atom. The van der Waals surface area contributed by atoms with E-state index in [1.54, 1.807) is 0 Å². The van der Waals surface area contributed by atoms with E-state index < -0.39 is 0 Å². The van der Waals surface area contributed by atoms with Gasteiger partial charge in [0.2, 0.25) is 0 Å². The van der Waals surface area contributed by atoms with Gasteiger partial charge >= 0.3 is 6.03 Å². The molecule has 5 rings (SSSR count). The summed E-state index contributed by atoms with van der Waals surface area (Å²) in [7, 11) is 0. The molecule has 0 spiro atoms. The summed E-state index contributed by atoms with van der Waals surface area (Å²) in [5.41, 5.74) is 7.58. The highest BCUT2D eigenvalue weighted by atomic mass is 16.2. The van der Waals surface area contributed by atoms with E-state index >= 15 is 0 Å². The molecule has 1 unspecified atom stereocenters. The number of aromatic nitrogens is 1. The molecule has 0 fully saturated rings. The first-order chi connectivity index (χ1) is 15.1. The third kappa shape index (κ3) is 3.50. The first-order valence-corrected chi connectivity index (χ1v) is 10.6. The van der Waals surface area contributed by atoms with E-state index in [2.05, 4.69) is 59.4 Å². The van der Waals surface area contributed by atoms with Crippen LogP contribution in [0.15, 0.2) is 91.1 Å². The number of rotatable bonds is 2. The van der Waals surface area contributed by atoms with E-state index in [9.17, 15) is 4.79 Å². The van der Waals surface area contributed by atoms with E-state index in [0.29, 0.717) is 6.54 Å². The van der Waals surface area contributed by atoms with Crippen molar-refractivity contribution in [1.29, 1.82) is 0 Å². The molecule has 2 amide bonds. The van der Waals surface area contributed by atoms with Gasteiger partial charge in [0.05, 0.1) is 12.2 Å². The van der Waals surface area contributed by atoms with Crippen molar-refractivity contribution in [2.24, 2.45) is 0 Å². The van der Waals surface area contributed by atoms with Crippen molar-refractivity contribution in [2.75, 3.05) is 5.32 Å². The molecule has 4 nitrogen and oxygen atoms in total. The quantitative estimate of drug-likeness (QED) is 0.420. The van der Waals surface area contributed by atoms with Crippen LogP contribution in [0.3, 0.4) is 0 Å². The molecule has 1 aliphatic rings. The number of anilines is 1. The van der Waals surface area contributed by atoms with Crippen LogP contribution in [0.25, 0.3) is 5.69 Å². The molecule has 0 aliphatic carbocycles. The van der Waals surface area contributed by atoms with Gasteiger partial charge in [0.1, 0.15) is 6.04 Å². The lowest BCUT2D eigenvalue weighted by Crippen LogP contribution is -2.38. The molecule has 154 valence electrons. The largest absolute Gasteiger partial charge is 0.322 e. The fraction of sp³-hybridized carbons (Fsp3) is 0.148. The zero-order chi connectivity index (χ0) is 21.4. The molecule has 4 heteroatoms. The summed E-state index contributed by atoms with van der Waals surface area (Å²) in [4.78, 5) is 15.6. The Hall–Kier alpha value is -3.79. The fourth-order valence-corrected chi connectivity index (χ4v) is 4.39. The maximum absolute atomic E-state index is 13.6. The average Bonchev–Trinajstić information content (AvgIpc) is 3.21. The molecule has 31 heavy (non-hydrogen) atoms. The van der Waals surface area contributed by atoms with Gasteiger partial charge in [-0.3, -0.25) is 0 Å². The number of fused-ring (bicyclic) bond motifs is 3. The molecule has 1 aliphatic heterocycles. The first-order valence-electron chi connectivity index (χ1n) is 10.6. The van der Waals surface area contributed by atoms with Gasteiger partial charge in [-0.2, -0.15) is 0 Å². The lowest BCUT2D eigenvalue weighted by atomic mass is 9.97. The first kappa shape index (κ1) is 19.2. The van der Waals surface area contributed by atoms with Crippen molar-refractivity contribution in [2.45, 2.75) is 26.4 Å². The molecule has 3 aromatic carbocycles. The van der Waals surface area contributed by atoms with Gasteiger partial charge in [-0.1, -0.05) is 60.2 Å². The highest BCUT2D eigenvalue weighted by molar-refractivity contribution is 5.90. The predicted octanol–water partition coefficient (Wildman–Crippen LogP) is 6.23. The Morgan fingerprint density at radius 2 is 1.61 bits per heavy atom. The number of amides is 2. The van der Waals surface area contributed by atoms with Crippen LogP contribution in [-0.4, -0.2) is 15.5 Å². The van der Waals surface area contributed by atoms with Crippen LogP contribution in [0.1, 0.15) is 34.0 Å². The molecule has 0 bridgehead atoms. The van der Waals surface area contributed by atoms with E-state index in [4.69, 9.17) is 0 Å². The number of hydrogen-bond acceptors (Lipinski definition) is 1. The Labute approximate surface area is 182 Å². The van der Waals surface area contributed by atoms with Crippen molar-refractivity contribution in [3.8, 4) is 5.69 Å². The van der Waals surface area contributed by atoms with E-state index in [1.165, 1.54) is 5.56 Å². The second-order valence-corrected chi connectivity index (χ2v) is 8.11. The van der Waals surface area contributed by atoms with Crippen LogP contribution in [0.4, 0.5) is 10.5 Å². The number of carbonyl (C=O) groups is 1. The van der Waals surface area contributed by atoms with Gasteiger partial charge in [0, 0.05) is 17.6 Å². The third-order valence-corrected chi connectivity index (χ3v) is 6.01. The molecular weight excluding hydrogens is 382 g/mol. The molecule has 4 aromatic rings. The normalized spacial score (nSPS) is 15.0. The molecule has 1 aromatic heterocycles. The minimum Gasteiger partial charge on any atom is -0.318 e. The number of nitrogens with one attached hydrogen (secondary N) is 1. The van der Waals surface area contributed by atoms with Crippen LogP contribution in [0.2, 0.25) is 0 Å². The zero-order valence-corrected chi connectivity index (χ0v) is 17.7. The third-order valence-electron chi connectivity index (χ3n) is 6.01.